The lowest BCUT2D eigenvalue weighted by Gasteiger charge is -2.29. The predicted molar refractivity (Wildman–Crippen MR) is 355 cm³/mol. The van der Waals surface area contributed by atoms with E-state index in [1.165, 1.54) is 0 Å². The fourth-order valence-electron chi connectivity index (χ4n) is 5.82. The zero-order chi connectivity index (χ0) is 65.1. The summed E-state index contributed by atoms with van der Waals surface area (Å²) in [6.45, 7) is 11.3. The molecule has 84 heavy (non-hydrogen) atoms. The smallest absolute Gasteiger partial charge is 0.389 e. The average molecular weight is 1480 g/mol. The van der Waals surface area contributed by atoms with Gasteiger partial charge in [-0.25, -0.2) is 32.0 Å². The summed E-state index contributed by atoms with van der Waals surface area (Å²) in [5.74, 6) is -0.950. The number of carbonyl (C=O) groups is 1. The standard InChI is InChI=1S/C47H101O23P7S7/c1-24-56-47(48)25-26-78-75(53,65-41(18)31-83-76(54,67-43(20)27-79-71(49,57-33(2)3)58-34(4)5)68-44(21)28-80-72(50,59-35(6)7)60-36(8)9)66-42(19)32-84-77(55,69-45(22)29-81-73(51,61-37(10)11)62-38(12)13)70-46(23)30-82-74(52,63-39(14)15)64-40(16)17/h33-46H,24-32H2,1-23H3. The first-order valence-electron chi connectivity index (χ1n) is 27.8. The second-order valence-electron chi connectivity index (χ2n) is 21.0. The van der Waals surface area contributed by atoms with Gasteiger partial charge < -0.3 is 4.74 Å². The summed E-state index contributed by atoms with van der Waals surface area (Å²) < 4.78 is 187. The van der Waals surface area contributed by atoms with E-state index >= 15 is 0 Å². The first-order valence-corrected chi connectivity index (χ1v) is 49.8. The zero-order valence-corrected chi connectivity index (χ0v) is 65.3. The van der Waals surface area contributed by atoms with Gasteiger partial charge >= 0.3 is 53.6 Å². The fraction of sp³-hybridized carbons (Fsp3) is 0.979. The molecule has 0 aromatic heterocycles. The Morgan fingerprint density at radius 1 is 0.274 bits per heavy atom. The average Bonchev–Trinajstić information content (AvgIpc) is 3.52. The van der Waals surface area contributed by atoms with Crippen molar-refractivity contribution < 1.29 is 105 Å². The van der Waals surface area contributed by atoms with Crippen LogP contribution in [-0.4, -0.2) is 138 Å². The monoisotopic (exact) mass is 1470 g/mol. The maximum absolute atomic E-state index is 14.9. The lowest BCUT2D eigenvalue weighted by Crippen LogP contribution is -2.19. The van der Waals surface area contributed by atoms with Crippen molar-refractivity contribution in [3.63, 3.8) is 0 Å². The third-order valence-corrected chi connectivity index (χ3v) is 37.2. The molecular formula is C47H101O23P7S7. The summed E-state index contributed by atoms with van der Waals surface area (Å²) in [6.07, 6.45) is -9.16. The number of ether oxygens (including phenoxy) is 1. The third kappa shape index (κ3) is 42.3. The second-order valence-corrected chi connectivity index (χ2v) is 49.3. The Morgan fingerprint density at radius 2 is 0.429 bits per heavy atom. The molecule has 0 N–H and O–H groups in total. The van der Waals surface area contributed by atoms with E-state index in [0.717, 1.165) is 79.7 Å². The molecule has 23 nitrogen and oxygen atoms in total. The van der Waals surface area contributed by atoms with Gasteiger partial charge in [0, 0.05) is 40.3 Å². The van der Waals surface area contributed by atoms with Crippen LogP contribution < -0.4 is 0 Å². The summed E-state index contributed by atoms with van der Waals surface area (Å²) in [5.41, 5.74) is 0. The lowest BCUT2D eigenvalue weighted by molar-refractivity contribution is -0.142. The normalized spacial score (nSPS) is 17.8. The van der Waals surface area contributed by atoms with Crippen LogP contribution in [0.25, 0.3) is 0 Å². The van der Waals surface area contributed by atoms with Crippen LogP contribution in [0.3, 0.4) is 0 Å². The van der Waals surface area contributed by atoms with Crippen molar-refractivity contribution in [2.45, 2.75) is 251 Å². The third-order valence-electron chi connectivity index (χ3n) is 8.24. The van der Waals surface area contributed by atoms with Crippen molar-refractivity contribution in [3.05, 3.63) is 0 Å². The fourth-order valence-corrected chi connectivity index (χ4v) is 35.4. The molecule has 0 aromatic carbocycles. The highest BCUT2D eigenvalue weighted by molar-refractivity contribution is 8.57. The van der Waals surface area contributed by atoms with Gasteiger partial charge in [-0.1, -0.05) is 0 Å². The van der Waals surface area contributed by atoms with E-state index in [4.69, 9.17) is 68.1 Å². The minimum atomic E-state index is -4.30. The number of hydrogen-bond donors (Lipinski definition) is 0. The van der Waals surface area contributed by atoms with Gasteiger partial charge in [-0.2, -0.15) is 0 Å². The highest BCUT2D eigenvalue weighted by Crippen LogP contribution is 2.70. The summed E-state index contributed by atoms with van der Waals surface area (Å²) in [4.78, 5) is 12.5. The molecule has 0 aliphatic heterocycles. The number of hydrogen-bond acceptors (Lipinski definition) is 30. The van der Waals surface area contributed by atoms with Crippen LogP contribution in [0.5, 0.6) is 0 Å². The molecule has 0 saturated carbocycles. The number of carbonyl (C=O) groups excluding carboxylic acids is 1. The molecule has 0 rings (SSSR count). The van der Waals surface area contributed by atoms with Crippen LogP contribution >= 0.6 is 127 Å². The molecule has 0 radical (unpaired) electrons. The topological polar surface area (TPSA) is 275 Å². The molecule has 0 saturated heterocycles. The van der Waals surface area contributed by atoms with Crippen LogP contribution in [0, 0.1) is 0 Å². The van der Waals surface area contributed by atoms with Gasteiger partial charge in [-0.05, 0) is 239 Å². The van der Waals surface area contributed by atoms with Gasteiger partial charge in [0.25, 0.3) is 0 Å². The predicted octanol–water partition coefficient (Wildman–Crippen LogP) is 19.7. The van der Waals surface area contributed by atoms with Crippen molar-refractivity contribution in [2.75, 3.05) is 46.9 Å². The van der Waals surface area contributed by atoms with Crippen LogP contribution in [0.2, 0.25) is 0 Å². The summed E-state index contributed by atoms with van der Waals surface area (Å²) in [7, 11) is 0. The van der Waals surface area contributed by atoms with Gasteiger partial charge in [0.2, 0.25) is 0 Å². The maximum Gasteiger partial charge on any atom is 0.389 e. The van der Waals surface area contributed by atoms with Crippen LogP contribution in [-0.2, 0) is 105 Å². The van der Waals surface area contributed by atoms with E-state index in [1.54, 1.807) is 159 Å². The van der Waals surface area contributed by atoms with Gasteiger partial charge in [0.1, 0.15) is 0 Å². The number of esters is 1. The SMILES string of the molecule is CCOC(=O)CCSP(=O)(OC(C)CSP(=O)(OC(C)CSP(=O)(OC(C)C)OC(C)C)OC(C)CSP(=O)(OC(C)C)OC(C)C)OC(C)CSP(=O)(OC(C)CSP(=O)(OC(C)C)OC(C)C)OC(C)CSP(=O)(OC(C)C)OC(C)C. The lowest BCUT2D eigenvalue weighted by atomic mass is 10.5. The molecule has 37 heteroatoms. The Hall–Kier alpha value is 2.97. The Kier molecular flexibility index (Phi) is 43.9. The number of rotatable bonds is 51. The molecular weight excluding hydrogens is 1370 g/mol. The Morgan fingerprint density at radius 3 is 0.583 bits per heavy atom. The first-order chi connectivity index (χ1) is 38.4. The van der Waals surface area contributed by atoms with Crippen molar-refractivity contribution in [2.24, 2.45) is 0 Å². The van der Waals surface area contributed by atoms with E-state index in [1.807, 2.05) is 0 Å². The van der Waals surface area contributed by atoms with E-state index in [2.05, 4.69) is 0 Å². The quantitative estimate of drug-likeness (QED) is 0.0404. The van der Waals surface area contributed by atoms with Gasteiger partial charge in [0.05, 0.1) is 98.5 Å². The van der Waals surface area contributed by atoms with E-state index in [-0.39, 0.29) is 53.3 Å². The zero-order valence-electron chi connectivity index (χ0n) is 53.3. The van der Waals surface area contributed by atoms with Crippen LogP contribution in [0.15, 0.2) is 0 Å². The molecule has 6 unspecified atom stereocenters. The molecule has 0 fully saturated rings. The minimum Gasteiger partial charge on any atom is -0.466 e. The highest BCUT2D eigenvalue weighted by atomic mass is 32.7. The molecule has 0 amide bonds. The van der Waals surface area contributed by atoms with Crippen molar-refractivity contribution >= 4 is 133 Å². The molecule has 0 spiro atoms. The minimum absolute atomic E-state index is 0.000523. The maximum atomic E-state index is 14.9. The Labute approximate surface area is 532 Å². The summed E-state index contributed by atoms with van der Waals surface area (Å²) in [5, 5.41) is 0. The van der Waals surface area contributed by atoms with E-state index < -0.39 is 139 Å². The Bertz CT molecular complexity index is 1920. The van der Waals surface area contributed by atoms with Crippen molar-refractivity contribution in [1.82, 2.24) is 0 Å². The molecule has 0 bridgehead atoms. The van der Waals surface area contributed by atoms with Gasteiger partial charge in [-0.15, -0.1) is 0 Å². The second kappa shape index (κ2) is 42.4. The molecule has 0 aliphatic carbocycles. The van der Waals surface area contributed by atoms with E-state index in [0.29, 0.717) is 0 Å². The molecule has 0 aliphatic rings. The largest absolute Gasteiger partial charge is 0.466 e. The Balaban J connectivity index is 7.03. The van der Waals surface area contributed by atoms with Crippen LogP contribution in [0.1, 0.15) is 166 Å². The van der Waals surface area contributed by atoms with Gasteiger partial charge in [0.15, 0.2) is 0 Å². The van der Waals surface area contributed by atoms with Crippen molar-refractivity contribution in [3.8, 4) is 0 Å². The van der Waals surface area contributed by atoms with Crippen molar-refractivity contribution in [1.29, 1.82) is 0 Å². The van der Waals surface area contributed by atoms with Gasteiger partial charge in [-0.3, -0.25) is 68.1 Å². The summed E-state index contributed by atoms with van der Waals surface area (Å²) >= 11 is 5.74. The van der Waals surface area contributed by atoms with E-state index in [9.17, 15) is 36.7 Å². The summed E-state index contributed by atoms with van der Waals surface area (Å²) in [6, 6.07) is 0. The highest BCUT2D eigenvalue weighted by Gasteiger charge is 2.41. The molecule has 0 heterocycles. The molecule has 0 aromatic rings. The first kappa shape index (κ1) is 87.0. The molecule has 504 valence electrons. The molecule has 6 atom stereocenters. The van der Waals surface area contributed by atoms with Crippen LogP contribution in [0.4, 0.5) is 0 Å².